The molecule has 0 spiro atoms. The summed E-state index contributed by atoms with van der Waals surface area (Å²) >= 11 is 6.84. The molecule has 0 amide bonds. The fraction of sp³-hybridized carbons (Fsp3) is 0.231. The van der Waals surface area contributed by atoms with Gasteiger partial charge in [-0.05, 0) is 22.0 Å². The summed E-state index contributed by atoms with van der Waals surface area (Å²) in [5.41, 5.74) is 1.09. The van der Waals surface area contributed by atoms with Gasteiger partial charge in [-0.15, -0.1) is 0 Å². The van der Waals surface area contributed by atoms with Crippen LogP contribution in [0.25, 0.3) is 0 Å². The van der Waals surface area contributed by atoms with Crippen LogP contribution in [-0.4, -0.2) is 9.97 Å². The van der Waals surface area contributed by atoms with Crippen molar-refractivity contribution in [1.29, 1.82) is 0 Å². The Morgan fingerprint density at radius 1 is 1.17 bits per heavy atom. The van der Waals surface area contributed by atoms with E-state index in [1.54, 1.807) is 6.07 Å². The van der Waals surface area contributed by atoms with Crippen molar-refractivity contribution in [2.75, 3.05) is 0 Å². The van der Waals surface area contributed by atoms with Crippen molar-refractivity contribution in [1.82, 2.24) is 9.97 Å². The van der Waals surface area contributed by atoms with Crippen molar-refractivity contribution in [2.45, 2.75) is 20.0 Å². The van der Waals surface area contributed by atoms with Crippen molar-refractivity contribution >= 4 is 31.9 Å². The summed E-state index contributed by atoms with van der Waals surface area (Å²) in [6.07, 6.45) is 0.783. The normalized spacial score (nSPS) is 10.4. The van der Waals surface area contributed by atoms with E-state index in [4.69, 9.17) is 4.74 Å². The van der Waals surface area contributed by atoms with Crippen LogP contribution in [0, 0.1) is 0 Å². The molecule has 0 bridgehead atoms. The third kappa shape index (κ3) is 3.53. The zero-order chi connectivity index (χ0) is 13.0. The summed E-state index contributed by atoms with van der Waals surface area (Å²) in [5, 5.41) is 0. The molecule has 2 rings (SSSR count). The number of benzene rings is 1. The molecule has 94 valence electrons. The number of hydrogen-bond acceptors (Lipinski definition) is 3. The number of aryl methyl sites for hydroxylation is 1. The van der Waals surface area contributed by atoms with Gasteiger partial charge in [-0.3, -0.25) is 0 Å². The van der Waals surface area contributed by atoms with Gasteiger partial charge in [-0.2, -0.15) is 4.98 Å². The first-order valence-electron chi connectivity index (χ1n) is 5.58. The first-order chi connectivity index (χ1) is 8.69. The summed E-state index contributed by atoms with van der Waals surface area (Å²) < 4.78 is 7.47. The van der Waals surface area contributed by atoms with Gasteiger partial charge in [0.05, 0.1) is 0 Å². The highest BCUT2D eigenvalue weighted by Crippen LogP contribution is 2.19. The standard InChI is InChI=1S/C13H12Br2N2O/c1-2-12-16-11(15)7-13(17-12)18-8-9-5-3-4-6-10(9)14/h3-7H,2,8H2,1H3. The monoisotopic (exact) mass is 370 g/mol. The molecule has 0 saturated heterocycles. The number of ether oxygens (including phenoxy) is 1. The summed E-state index contributed by atoms with van der Waals surface area (Å²) in [6.45, 7) is 2.49. The van der Waals surface area contributed by atoms with Crippen molar-refractivity contribution in [3.05, 3.63) is 50.8 Å². The Hall–Kier alpha value is -0.940. The predicted octanol–water partition coefficient (Wildman–Crippen LogP) is 4.14. The van der Waals surface area contributed by atoms with Crippen LogP contribution in [0.2, 0.25) is 0 Å². The Bertz CT molecular complexity index is 546. The summed E-state index contributed by atoms with van der Waals surface area (Å²) in [5.74, 6) is 1.36. The molecule has 0 aliphatic rings. The Morgan fingerprint density at radius 3 is 2.67 bits per heavy atom. The minimum absolute atomic E-state index is 0.480. The van der Waals surface area contributed by atoms with E-state index in [9.17, 15) is 0 Å². The first-order valence-corrected chi connectivity index (χ1v) is 7.17. The van der Waals surface area contributed by atoms with Crippen molar-refractivity contribution in [3.8, 4) is 5.88 Å². The third-order valence-corrected chi connectivity index (χ3v) is 3.55. The van der Waals surface area contributed by atoms with Crippen LogP contribution in [0.15, 0.2) is 39.4 Å². The second-order valence-corrected chi connectivity index (χ2v) is 5.35. The zero-order valence-corrected chi connectivity index (χ0v) is 13.0. The van der Waals surface area contributed by atoms with Gasteiger partial charge in [0, 0.05) is 22.5 Å². The molecule has 1 aromatic heterocycles. The van der Waals surface area contributed by atoms with Crippen molar-refractivity contribution in [3.63, 3.8) is 0 Å². The highest BCUT2D eigenvalue weighted by atomic mass is 79.9. The molecule has 0 N–H and O–H groups in total. The van der Waals surface area contributed by atoms with E-state index >= 15 is 0 Å². The lowest BCUT2D eigenvalue weighted by atomic mass is 10.2. The largest absolute Gasteiger partial charge is 0.473 e. The lowest BCUT2D eigenvalue weighted by Gasteiger charge is -2.08. The Morgan fingerprint density at radius 2 is 1.94 bits per heavy atom. The fourth-order valence-corrected chi connectivity index (χ4v) is 2.24. The van der Waals surface area contributed by atoms with Crippen LogP contribution in [0.5, 0.6) is 5.88 Å². The van der Waals surface area contributed by atoms with Crippen LogP contribution in [0.4, 0.5) is 0 Å². The number of rotatable bonds is 4. The maximum atomic E-state index is 5.69. The zero-order valence-electron chi connectivity index (χ0n) is 9.86. The van der Waals surface area contributed by atoms with Gasteiger partial charge >= 0.3 is 0 Å². The van der Waals surface area contributed by atoms with E-state index in [1.807, 2.05) is 31.2 Å². The lowest BCUT2D eigenvalue weighted by Crippen LogP contribution is -2.01. The fourth-order valence-electron chi connectivity index (χ4n) is 1.44. The molecule has 0 saturated carbocycles. The third-order valence-electron chi connectivity index (χ3n) is 2.37. The van der Waals surface area contributed by atoms with Gasteiger partial charge in [-0.25, -0.2) is 4.98 Å². The van der Waals surface area contributed by atoms with Crippen LogP contribution >= 0.6 is 31.9 Å². The van der Waals surface area contributed by atoms with Crippen LogP contribution in [-0.2, 0) is 13.0 Å². The van der Waals surface area contributed by atoms with Gasteiger partial charge in [0.1, 0.15) is 17.0 Å². The molecule has 0 atom stereocenters. The lowest BCUT2D eigenvalue weighted by molar-refractivity contribution is 0.291. The van der Waals surface area contributed by atoms with Gasteiger partial charge in [-0.1, -0.05) is 41.1 Å². The van der Waals surface area contributed by atoms with Crippen LogP contribution < -0.4 is 4.74 Å². The minimum atomic E-state index is 0.480. The Labute approximate surface area is 123 Å². The number of halogens is 2. The van der Waals surface area contributed by atoms with E-state index in [1.165, 1.54) is 0 Å². The number of hydrogen-bond donors (Lipinski definition) is 0. The molecule has 18 heavy (non-hydrogen) atoms. The summed E-state index contributed by atoms with van der Waals surface area (Å²) in [4.78, 5) is 8.56. The Kier molecular flexibility index (Phi) is 4.72. The SMILES string of the molecule is CCc1nc(Br)cc(OCc2ccccc2Br)n1. The van der Waals surface area contributed by atoms with Crippen molar-refractivity contribution in [2.24, 2.45) is 0 Å². The summed E-state index contributed by atoms with van der Waals surface area (Å²) in [7, 11) is 0. The van der Waals surface area contributed by atoms with Gasteiger partial charge in [0.2, 0.25) is 5.88 Å². The Balaban J connectivity index is 2.11. The maximum Gasteiger partial charge on any atom is 0.218 e. The van der Waals surface area contributed by atoms with Gasteiger partial charge in [0.15, 0.2) is 0 Å². The molecule has 5 heteroatoms. The molecule has 1 heterocycles. The highest BCUT2D eigenvalue weighted by Gasteiger charge is 2.04. The topological polar surface area (TPSA) is 35.0 Å². The molecule has 0 unspecified atom stereocenters. The number of nitrogens with zero attached hydrogens (tertiary/aromatic N) is 2. The summed E-state index contributed by atoms with van der Waals surface area (Å²) in [6, 6.07) is 9.74. The molecule has 3 nitrogen and oxygen atoms in total. The van der Waals surface area contributed by atoms with Crippen molar-refractivity contribution < 1.29 is 4.74 Å². The van der Waals surface area contributed by atoms with E-state index in [-0.39, 0.29) is 0 Å². The molecule has 0 aliphatic heterocycles. The molecule has 0 aliphatic carbocycles. The smallest absolute Gasteiger partial charge is 0.218 e. The maximum absolute atomic E-state index is 5.69. The molecule has 0 fully saturated rings. The number of aromatic nitrogens is 2. The quantitative estimate of drug-likeness (QED) is 0.757. The van der Waals surface area contributed by atoms with E-state index in [0.717, 1.165) is 26.9 Å². The predicted molar refractivity (Wildman–Crippen MR) is 77.6 cm³/mol. The van der Waals surface area contributed by atoms with E-state index in [0.29, 0.717) is 12.5 Å². The van der Waals surface area contributed by atoms with Gasteiger partial charge < -0.3 is 4.74 Å². The van der Waals surface area contributed by atoms with Crippen LogP contribution in [0.1, 0.15) is 18.3 Å². The molecule has 2 aromatic rings. The second-order valence-electron chi connectivity index (χ2n) is 3.68. The van der Waals surface area contributed by atoms with E-state index < -0.39 is 0 Å². The van der Waals surface area contributed by atoms with Gasteiger partial charge in [0.25, 0.3) is 0 Å². The average Bonchev–Trinajstić information content (AvgIpc) is 2.37. The van der Waals surface area contributed by atoms with Crippen LogP contribution in [0.3, 0.4) is 0 Å². The van der Waals surface area contributed by atoms with E-state index in [2.05, 4.69) is 41.8 Å². The second kappa shape index (κ2) is 6.29. The molecular formula is C13H12Br2N2O. The molecule has 1 aromatic carbocycles. The minimum Gasteiger partial charge on any atom is -0.473 e. The first kappa shape index (κ1) is 13.5. The average molecular weight is 372 g/mol. The molecular weight excluding hydrogens is 360 g/mol. The highest BCUT2D eigenvalue weighted by molar-refractivity contribution is 9.10. The molecule has 0 radical (unpaired) electrons.